The van der Waals surface area contributed by atoms with Crippen LogP contribution in [0.2, 0.25) is 0 Å². The molecule has 5 heteroatoms. The summed E-state index contributed by atoms with van der Waals surface area (Å²) in [7, 11) is 0. The number of hydrogen-bond acceptors (Lipinski definition) is 3. The molecular weight excluding hydrogens is 244 g/mol. The maximum Gasteiger partial charge on any atom is 0.320 e. The van der Waals surface area contributed by atoms with Crippen LogP contribution in [0.3, 0.4) is 0 Å². The number of hydrogen-bond donors (Lipinski definition) is 2. The zero-order valence-electron chi connectivity index (χ0n) is 10.7. The first-order chi connectivity index (χ1) is 9.08. The number of nitrogens with zero attached hydrogens (tertiary/aromatic N) is 1. The summed E-state index contributed by atoms with van der Waals surface area (Å²) in [4.78, 5) is 24.4. The van der Waals surface area contributed by atoms with Gasteiger partial charge < -0.3 is 15.7 Å². The molecule has 1 amide bonds. The van der Waals surface area contributed by atoms with E-state index in [4.69, 9.17) is 10.8 Å². The van der Waals surface area contributed by atoms with Crippen LogP contribution in [0.15, 0.2) is 24.3 Å². The van der Waals surface area contributed by atoms with E-state index >= 15 is 0 Å². The Morgan fingerprint density at radius 1 is 1.32 bits per heavy atom. The minimum absolute atomic E-state index is 0.0220. The van der Waals surface area contributed by atoms with Crippen LogP contribution in [0.4, 0.5) is 0 Å². The van der Waals surface area contributed by atoms with Crippen molar-refractivity contribution in [2.45, 2.75) is 31.8 Å². The first-order valence-corrected chi connectivity index (χ1v) is 6.41. The molecule has 1 aliphatic heterocycles. The van der Waals surface area contributed by atoms with E-state index in [0.717, 1.165) is 6.42 Å². The summed E-state index contributed by atoms with van der Waals surface area (Å²) in [5, 5.41) is 8.69. The van der Waals surface area contributed by atoms with E-state index in [-0.39, 0.29) is 18.7 Å². The summed E-state index contributed by atoms with van der Waals surface area (Å²) < 4.78 is 0. The van der Waals surface area contributed by atoms with E-state index in [9.17, 15) is 9.59 Å². The standard InChI is InChI=1S/C14H18N2O3/c15-12(14(18)19)5-6-13(17)16-8-7-10-3-1-2-4-11(10)9-16/h1-4,12H,5-9,15H2,(H,18,19). The molecule has 0 aliphatic carbocycles. The summed E-state index contributed by atoms with van der Waals surface area (Å²) in [6.45, 7) is 1.30. The third kappa shape index (κ3) is 3.32. The Morgan fingerprint density at radius 2 is 2.00 bits per heavy atom. The zero-order valence-corrected chi connectivity index (χ0v) is 10.7. The molecule has 3 N–H and O–H groups in total. The minimum atomic E-state index is -1.06. The van der Waals surface area contributed by atoms with Crippen molar-refractivity contribution in [1.29, 1.82) is 0 Å². The van der Waals surface area contributed by atoms with Gasteiger partial charge in [-0.1, -0.05) is 24.3 Å². The fraction of sp³-hybridized carbons (Fsp3) is 0.429. The van der Waals surface area contributed by atoms with Crippen molar-refractivity contribution in [3.05, 3.63) is 35.4 Å². The molecule has 1 unspecified atom stereocenters. The summed E-state index contributed by atoms with van der Waals surface area (Å²) in [6.07, 6.45) is 1.23. The van der Waals surface area contributed by atoms with Crippen molar-refractivity contribution in [2.75, 3.05) is 6.54 Å². The van der Waals surface area contributed by atoms with Crippen molar-refractivity contribution in [1.82, 2.24) is 4.90 Å². The van der Waals surface area contributed by atoms with E-state index in [0.29, 0.717) is 13.1 Å². The third-order valence-electron chi connectivity index (χ3n) is 3.47. The minimum Gasteiger partial charge on any atom is -0.480 e. The van der Waals surface area contributed by atoms with Gasteiger partial charge in [-0.15, -0.1) is 0 Å². The van der Waals surface area contributed by atoms with Crippen LogP contribution in [-0.2, 0) is 22.6 Å². The van der Waals surface area contributed by atoms with Crippen molar-refractivity contribution in [2.24, 2.45) is 5.73 Å². The van der Waals surface area contributed by atoms with Gasteiger partial charge in [-0.25, -0.2) is 0 Å². The van der Waals surface area contributed by atoms with Crippen molar-refractivity contribution in [3.8, 4) is 0 Å². The Bertz CT molecular complexity index is 487. The van der Waals surface area contributed by atoms with Gasteiger partial charge in [0, 0.05) is 19.5 Å². The molecule has 1 aliphatic rings. The Balaban J connectivity index is 1.90. The second kappa shape index (κ2) is 5.84. The van der Waals surface area contributed by atoms with Crippen LogP contribution in [0.25, 0.3) is 0 Å². The van der Waals surface area contributed by atoms with Gasteiger partial charge in [-0.3, -0.25) is 9.59 Å². The van der Waals surface area contributed by atoms with Gasteiger partial charge in [-0.2, -0.15) is 0 Å². The number of fused-ring (bicyclic) bond motifs is 1. The highest BCUT2D eigenvalue weighted by Crippen LogP contribution is 2.19. The molecule has 5 nitrogen and oxygen atoms in total. The maximum absolute atomic E-state index is 12.0. The summed E-state index contributed by atoms with van der Waals surface area (Å²) >= 11 is 0. The normalized spacial score (nSPS) is 15.7. The molecule has 0 aromatic heterocycles. The summed E-state index contributed by atoms with van der Waals surface area (Å²) in [5.41, 5.74) is 7.86. The number of carboxylic acids is 1. The number of nitrogens with two attached hydrogens (primary N) is 1. The molecule has 0 bridgehead atoms. The predicted octanol–water partition coefficient (Wildman–Crippen LogP) is 0.763. The third-order valence-corrected chi connectivity index (χ3v) is 3.47. The molecule has 1 aromatic carbocycles. The van der Waals surface area contributed by atoms with E-state index in [1.54, 1.807) is 4.90 Å². The van der Waals surface area contributed by atoms with Gasteiger partial charge in [0.25, 0.3) is 0 Å². The number of carbonyl (C=O) groups is 2. The molecule has 102 valence electrons. The molecule has 19 heavy (non-hydrogen) atoms. The smallest absolute Gasteiger partial charge is 0.320 e. The van der Waals surface area contributed by atoms with E-state index in [2.05, 4.69) is 6.07 Å². The molecule has 0 spiro atoms. The first kappa shape index (κ1) is 13.5. The van der Waals surface area contributed by atoms with E-state index < -0.39 is 12.0 Å². The monoisotopic (exact) mass is 262 g/mol. The topological polar surface area (TPSA) is 83.6 Å². The highest BCUT2D eigenvalue weighted by Gasteiger charge is 2.21. The average molecular weight is 262 g/mol. The number of amides is 1. The Kier molecular flexibility index (Phi) is 4.16. The predicted molar refractivity (Wildman–Crippen MR) is 70.4 cm³/mol. The van der Waals surface area contributed by atoms with Gasteiger partial charge >= 0.3 is 5.97 Å². The molecule has 1 atom stereocenters. The lowest BCUT2D eigenvalue weighted by molar-refractivity contribution is -0.139. The molecular formula is C14H18N2O3. The van der Waals surface area contributed by atoms with Gasteiger partial charge in [0.1, 0.15) is 6.04 Å². The molecule has 0 saturated heterocycles. The van der Waals surface area contributed by atoms with Gasteiger partial charge in [-0.05, 0) is 24.0 Å². The van der Waals surface area contributed by atoms with Crippen molar-refractivity contribution >= 4 is 11.9 Å². The largest absolute Gasteiger partial charge is 0.480 e. The molecule has 1 heterocycles. The number of carbonyl (C=O) groups excluding carboxylic acids is 1. The fourth-order valence-corrected chi connectivity index (χ4v) is 2.27. The number of rotatable bonds is 4. The first-order valence-electron chi connectivity index (χ1n) is 6.41. The lowest BCUT2D eigenvalue weighted by Crippen LogP contribution is -2.37. The highest BCUT2D eigenvalue weighted by molar-refractivity contribution is 5.78. The second-order valence-electron chi connectivity index (χ2n) is 4.82. The van der Waals surface area contributed by atoms with E-state index in [1.165, 1.54) is 11.1 Å². The van der Waals surface area contributed by atoms with Crippen LogP contribution in [0, 0.1) is 0 Å². The van der Waals surface area contributed by atoms with Crippen molar-refractivity contribution < 1.29 is 14.7 Å². The van der Waals surface area contributed by atoms with Crippen molar-refractivity contribution in [3.63, 3.8) is 0 Å². The van der Waals surface area contributed by atoms with Gasteiger partial charge in [0.05, 0.1) is 0 Å². The van der Waals surface area contributed by atoms with Crippen LogP contribution in [0.5, 0.6) is 0 Å². The molecule has 0 radical (unpaired) electrons. The highest BCUT2D eigenvalue weighted by atomic mass is 16.4. The molecule has 0 fully saturated rings. The van der Waals surface area contributed by atoms with Crippen LogP contribution < -0.4 is 5.73 Å². The number of aliphatic carboxylic acids is 1. The van der Waals surface area contributed by atoms with Crippen LogP contribution >= 0.6 is 0 Å². The van der Waals surface area contributed by atoms with E-state index in [1.807, 2.05) is 18.2 Å². The Morgan fingerprint density at radius 3 is 2.68 bits per heavy atom. The second-order valence-corrected chi connectivity index (χ2v) is 4.82. The Hall–Kier alpha value is -1.88. The quantitative estimate of drug-likeness (QED) is 0.839. The maximum atomic E-state index is 12.0. The molecule has 2 rings (SSSR count). The van der Waals surface area contributed by atoms with Gasteiger partial charge in [0.15, 0.2) is 0 Å². The molecule has 1 aromatic rings. The fourth-order valence-electron chi connectivity index (χ4n) is 2.27. The lowest BCUT2D eigenvalue weighted by Gasteiger charge is -2.29. The zero-order chi connectivity index (χ0) is 13.8. The number of carboxylic acid groups (broad SMARTS) is 1. The van der Waals surface area contributed by atoms with Crippen LogP contribution in [0.1, 0.15) is 24.0 Å². The lowest BCUT2D eigenvalue weighted by atomic mass is 9.99. The van der Waals surface area contributed by atoms with Crippen LogP contribution in [-0.4, -0.2) is 34.5 Å². The molecule has 0 saturated carbocycles. The summed E-state index contributed by atoms with van der Waals surface area (Å²) in [6, 6.07) is 7.12. The summed E-state index contributed by atoms with van der Waals surface area (Å²) in [5.74, 6) is -1.08. The SMILES string of the molecule is NC(CCC(=O)N1CCc2ccccc2C1)C(=O)O. The average Bonchev–Trinajstić information content (AvgIpc) is 2.43. The number of benzene rings is 1. The Labute approximate surface area is 112 Å². The van der Waals surface area contributed by atoms with Gasteiger partial charge in [0.2, 0.25) is 5.91 Å².